The number of likely N-dealkylation sites (tertiary alicyclic amines) is 1. The SMILES string of the molecule is Cc1ccccc1CNC(=O)CN1C[C@H](CNC(=O)OC(C)(C)C)C[C@@H]1C. The van der Waals surface area contributed by atoms with Crippen LogP contribution < -0.4 is 10.6 Å². The Labute approximate surface area is 162 Å². The molecule has 2 N–H and O–H groups in total. The molecule has 0 aromatic heterocycles. The van der Waals surface area contributed by atoms with Crippen LogP contribution in [0, 0.1) is 12.8 Å². The number of alkyl carbamates (subject to hydrolysis) is 1. The molecular weight excluding hydrogens is 342 g/mol. The van der Waals surface area contributed by atoms with Crippen LogP contribution in [0.2, 0.25) is 0 Å². The summed E-state index contributed by atoms with van der Waals surface area (Å²) in [6.07, 6.45) is 0.575. The Bertz CT molecular complexity index is 654. The lowest BCUT2D eigenvalue weighted by Crippen LogP contribution is -2.39. The summed E-state index contributed by atoms with van der Waals surface area (Å²) < 4.78 is 5.27. The number of ether oxygens (including phenoxy) is 1. The highest BCUT2D eigenvalue weighted by Gasteiger charge is 2.30. The molecule has 27 heavy (non-hydrogen) atoms. The van der Waals surface area contributed by atoms with Gasteiger partial charge in [0.2, 0.25) is 5.91 Å². The molecule has 1 aliphatic heterocycles. The maximum atomic E-state index is 12.3. The van der Waals surface area contributed by atoms with Gasteiger partial charge in [0.25, 0.3) is 0 Å². The van der Waals surface area contributed by atoms with E-state index in [0.29, 0.717) is 31.6 Å². The van der Waals surface area contributed by atoms with E-state index in [4.69, 9.17) is 4.74 Å². The largest absolute Gasteiger partial charge is 0.444 e. The number of hydrogen-bond donors (Lipinski definition) is 2. The first-order chi connectivity index (χ1) is 12.6. The van der Waals surface area contributed by atoms with E-state index < -0.39 is 5.60 Å². The molecule has 1 aromatic carbocycles. The van der Waals surface area contributed by atoms with Gasteiger partial charge in [0.05, 0.1) is 6.54 Å². The summed E-state index contributed by atoms with van der Waals surface area (Å²) in [7, 11) is 0. The van der Waals surface area contributed by atoms with Gasteiger partial charge in [-0.15, -0.1) is 0 Å². The van der Waals surface area contributed by atoms with Crippen molar-refractivity contribution in [3.8, 4) is 0 Å². The van der Waals surface area contributed by atoms with Gasteiger partial charge in [0, 0.05) is 25.7 Å². The Hall–Kier alpha value is -2.08. The van der Waals surface area contributed by atoms with Crippen molar-refractivity contribution in [3.63, 3.8) is 0 Å². The van der Waals surface area contributed by atoms with E-state index >= 15 is 0 Å². The number of hydrogen-bond acceptors (Lipinski definition) is 4. The first-order valence-electron chi connectivity index (χ1n) is 9.66. The molecule has 0 bridgehead atoms. The second kappa shape index (κ2) is 9.22. The molecule has 0 saturated carbocycles. The fourth-order valence-corrected chi connectivity index (χ4v) is 3.37. The summed E-state index contributed by atoms with van der Waals surface area (Å²) in [5.41, 5.74) is 1.83. The van der Waals surface area contributed by atoms with Gasteiger partial charge < -0.3 is 15.4 Å². The van der Waals surface area contributed by atoms with Crippen LogP contribution in [-0.2, 0) is 16.1 Å². The van der Waals surface area contributed by atoms with E-state index in [2.05, 4.69) is 22.5 Å². The van der Waals surface area contributed by atoms with Crippen molar-refractivity contribution in [3.05, 3.63) is 35.4 Å². The third kappa shape index (κ3) is 7.21. The molecule has 6 nitrogen and oxygen atoms in total. The van der Waals surface area contributed by atoms with Crippen LogP contribution in [0.1, 0.15) is 45.2 Å². The molecule has 1 fully saturated rings. The van der Waals surface area contributed by atoms with Crippen molar-refractivity contribution in [2.75, 3.05) is 19.6 Å². The van der Waals surface area contributed by atoms with E-state index in [-0.39, 0.29) is 12.0 Å². The van der Waals surface area contributed by atoms with Crippen molar-refractivity contribution in [1.29, 1.82) is 0 Å². The molecule has 6 heteroatoms. The van der Waals surface area contributed by atoms with Crippen LogP contribution in [0.4, 0.5) is 4.79 Å². The number of carbonyl (C=O) groups excluding carboxylic acids is 2. The Kier molecular flexibility index (Phi) is 7.25. The van der Waals surface area contributed by atoms with Gasteiger partial charge in [-0.2, -0.15) is 0 Å². The average Bonchev–Trinajstić information content (AvgIpc) is 2.90. The predicted octanol–water partition coefficient (Wildman–Crippen LogP) is 2.85. The number of benzene rings is 1. The van der Waals surface area contributed by atoms with E-state index in [1.54, 1.807) is 0 Å². The molecule has 1 aliphatic rings. The zero-order chi connectivity index (χ0) is 20.0. The Morgan fingerprint density at radius 2 is 1.93 bits per heavy atom. The lowest BCUT2D eigenvalue weighted by Gasteiger charge is -2.21. The second-order valence-corrected chi connectivity index (χ2v) is 8.47. The van der Waals surface area contributed by atoms with E-state index in [1.807, 2.05) is 52.0 Å². The first kappa shape index (κ1) is 21.2. The van der Waals surface area contributed by atoms with Crippen molar-refractivity contribution < 1.29 is 14.3 Å². The minimum atomic E-state index is -0.492. The van der Waals surface area contributed by atoms with Gasteiger partial charge in [-0.25, -0.2) is 4.79 Å². The maximum Gasteiger partial charge on any atom is 0.407 e. The lowest BCUT2D eigenvalue weighted by molar-refractivity contribution is -0.122. The van der Waals surface area contributed by atoms with Crippen LogP contribution >= 0.6 is 0 Å². The number of nitrogens with zero attached hydrogens (tertiary/aromatic N) is 1. The Balaban J connectivity index is 1.73. The van der Waals surface area contributed by atoms with Gasteiger partial charge in [0.15, 0.2) is 0 Å². The third-order valence-electron chi connectivity index (χ3n) is 4.81. The predicted molar refractivity (Wildman–Crippen MR) is 106 cm³/mol. The van der Waals surface area contributed by atoms with Crippen molar-refractivity contribution in [1.82, 2.24) is 15.5 Å². The van der Waals surface area contributed by atoms with Crippen molar-refractivity contribution in [2.45, 2.75) is 59.2 Å². The summed E-state index contributed by atoms with van der Waals surface area (Å²) in [6, 6.07) is 8.38. The number of rotatable bonds is 6. The highest BCUT2D eigenvalue weighted by atomic mass is 16.6. The van der Waals surface area contributed by atoms with Gasteiger partial charge in [-0.3, -0.25) is 9.69 Å². The summed E-state index contributed by atoms with van der Waals surface area (Å²) in [5, 5.41) is 5.85. The van der Waals surface area contributed by atoms with Crippen LogP contribution in [0.3, 0.4) is 0 Å². The maximum absolute atomic E-state index is 12.3. The number of carbonyl (C=O) groups is 2. The zero-order valence-electron chi connectivity index (χ0n) is 17.2. The number of amides is 2. The number of nitrogens with one attached hydrogen (secondary N) is 2. The molecule has 1 aromatic rings. The molecular formula is C21H33N3O3. The second-order valence-electron chi connectivity index (χ2n) is 8.47. The van der Waals surface area contributed by atoms with Gasteiger partial charge in [0.1, 0.15) is 5.60 Å². The minimum Gasteiger partial charge on any atom is -0.444 e. The van der Waals surface area contributed by atoms with Gasteiger partial charge in [-0.1, -0.05) is 24.3 Å². The minimum absolute atomic E-state index is 0.0332. The van der Waals surface area contributed by atoms with Gasteiger partial charge in [-0.05, 0) is 58.1 Å². The van der Waals surface area contributed by atoms with Crippen LogP contribution in [0.15, 0.2) is 24.3 Å². The fraction of sp³-hybridized carbons (Fsp3) is 0.619. The molecule has 1 saturated heterocycles. The molecule has 0 radical (unpaired) electrons. The molecule has 0 aliphatic carbocycles. The van der Waals surface area contributed by atoms with Crippen molar-refractivity contribution in [2.24, 2.45) is 5.92 Å². The molecule has 2 rings (SSSR count). The summed E-state index contributed by atoms with van der Waals surface area (Å²) in [5.74, 6) is 0.363. The Morgan fingerprint density at radius 3 is 2.59 bits per heavy atom. The zero-order valence-corrected chi connectivity index (χ0v) is 17.2. The normalized spacial score (nSPS) is 20.3. The van der Waals surface area contributed by atoms with Gasteiger partial charge >= 0.3 is 6.09 Å². The topological polar surface area (TPSA) is 70.7 Å². The van der Waals surface area contributed by atoms with E-state index in [9.17, 15) is 9.59 Å². The standard InChI is InChI=1S/C21H33N3O3/c1-15-8-6-7-9-18(15)12-22-19(25)14-24-13-17(10-16(24)2)11-23-20(26)27-21(3,4)5/h6-9,16-17H,10-14H2,1-5H3,(H,22,25)(H,23,26)/t16-,17-/m0/s1. The third-order valence-corrected chi connectivity index (χ3v) is 4.81. The highest BCUT2D eigenvalue weighted by molar-refractivity contribution is 5.78. The van der Waals surface area contributed by atoms with Crippen molar-refractivity contribution >= 4 is 12.0 Å². The molecule has 1 heterocycles. The molecule has 2 amide bonds. The summed E-state index contributed by atoms with van der Waals surface area (Å²) >= 11 is 0. The Morgan fingerprint density at radius 1 is 1.22 bits per heavy atom. The van der Waals surface area contributed by atoms with E-state index in [0.717, 1.165) is 18.5 Å². The lowest BCUT2D eigenvalue weighted by atomic mass is 10.1. The summed E-state index contributed by atoms with van der Waals surface area (Å²) in [6.45, 7) is 12.0. The molecule has 2 atom stereocenters. The first-order valence-corrected chi connectivity index (χ1v) is 9.66. The van der Waals surface area contributed by atoms with E-state index in [1.165, 1.54) is 5.56 Å². The van der Waals surface area contributed by atoms with Crippen LogP contribution in [-0.4, -0.2) is 48.2 Å². The quantitative estimate of drug-likeness (QED) is 0.802. The smallest absolute Gasteiger partial charge is 0.407 e. The monoisotopic (exact) mass is 375 g/mol. The van der Waals surface area contributed by atoms with Crippen LogP contribution in [0.25, 0.3) is 0 Å². The molecule has 150 valence electrons. The number of aryl methyl sites for hydroxylation is 1. The van der Waals surface area contributed by atoms with Crippen LogP contribution in [0.5, 0.6) is 0 Å². The molecule has 0 unspecified atom stereocenters. The average molecular weight is 376 g/mol. The molecule has 0 spiro atoms. The highest BCUT2D eigenvalue weighted by Crippen LogP contribution is 2.22. The fourth-order valence-electron chi connectivity index (χ4n) is 3.37. The summed E-state index contributed by atoms with van der Waals surface area (Å²) in [4.78, 5) is 26.3.